The van der Waals surface area contributed by atoms with E-state index in [4.69, 9.17) is 5.11 Å². The van der Waals surface area contributed by atoms with Crippen molar-refractivity contribution in [1.29, 1.82) is 0 Å². The van der Waals surface area contributed by atoms with Gasteiger partial charge in [0, 0.05) is 17.8 Å². The molecule has 4 heteroatoms. The Bertz CT molecular complexity index is 429. The lowest BCUT2D eigenvalue weighted by atomic mass is 10.0. The minimum atomic E-state index is -0.333. The number of carbonyl (C=O) groups excluding carboxylic acids is 1. The van der Waals surface area contributed by atoms with E-state index in [2.05, 4.69) is 10.6 Å². The van der Waals surface area contributed by atoms with Gasteiger partial charge in [-0.3, -0.25) is 10.1 Å². The molecular formula is C12H16N2O2. The standard InChI is InChI=1S/C12H16N2O2/c1-7-5-8(2)10-9(6-7)11(12(16)14-10)13-3-4-15/h5-6,11,13,15H,3-4H2,1-2H3,(H,14,16). The number of carbonyl (C=O) groups is 1. The van der Waals surface area contributed by atoms with E-state index in [0.29, 0.717) is 6.54 Å². The van der Waals surface area contributed by atoms with Gasteiger partial charge in [0.05, 0.1) is 6.61 Å². The van der Waals surface area contributed by atoms with E-state index in [0.717, 1.165) is 22.4 Å². The predicted molar refractivity (Wildman–Crippen MR) is 62.4 cm³/mol. The minimum absolute atomic E-state index is 0.0317. The smallest absolute Gasteiger partial charge is 0.246 e. The molecule has 1 aliphatic heterocycles. The molecule has 0 bridgehead atoms. The molecule has 16 heavy (non-hydrogen) atoms. The first-order valence-electron chi connectivity index (χ1n) is 5.39. The summed E-state index contributed by atoms with van der Waals surface area (Å²) in [6.07, 6.45) is 0. The quantitative estimate of drug-likeness (QED) is 0.708. The van der Waals surface area contributed by atoms with E-state index >= 15 is 0 Å². The number of hydrogen-bond donors (Lipinski definition) is 3. The largest absolute Gasteiger partial charge is 0.395 e. The Morgan fingerprint density at radius 1 is 1.44 bits per heavy atom. The third-order valence-electron chi connectivity index (χ3n) is 2.79. The van der Waals surface area contributed by atoms with Crippen LogP contribution >= 0.6 is 0 Å². The van der Waals surface area contributed by atoms with Gasteiger partial charge in [-0.2, -0.15) is 0 Å². The average molecular weight is 220 g/mol. The average Bonchev–Trinajstić information content (AvgIpc) is 2.53. The van der Waals surface area contributed by atoms with Crippen LogP contribution in [-0.4, -0.2) is 24.2 Å². The molecule has 4 nitrogen and oxygen atoms in total. The Morgan fingerprint density at radius 3 is 2.88 bits per heavy atom. The second-order valence-electron chi connectivity index (χ2n) is 4.15. The van der Waals surface area contributed by atoms with Crippen LogP contribution in [-0.2, 0) is 4.79 Å². The van der Waals surface area contributed by atoms with Gasteiger partial charge in [-0.05, 0) is 19.4 Å². The number of hydrogen-bond acceptors (Lipinski definition) is 3. The van der Waals surface area contributed by atoms with Gasteiger partial charge in [0.15, 0.2) is 0 Å². The molecule has 86 valence electrons. The van der Waals surface area contributed by atoms with Crippen LogP contribution in [0, 0.1) is 13.8 Å². The first-order chi connectivity index (χ1) is 7.63. The third-order valence-corrected chi connectivity index (χ3v) is 2.79. The zero-order valence-corrected chi connectivity index (χ0v) is 9.50. The van der Waals surface area contributed by atoms with Crippen LogP contribution in [0.4, 0.5) is 5.69 Å². The molecule has 1 aromatic carbocycles. The molecule has 1 atom stereocenters. The zero-order valence-electron chi connectivity index (χ0n) is 9.50. The molecule has 0 saturated carbocycles. The SMILES string of the molecule is Cc1cc(C)c2c(c1)C(NCCO)C(=O)N2. The molecule has 0 radical (unpaired) electrons. The summed E-state index contributed by atoms with van der Waals surface area (Å²) in [5.74, 6) is -0.0443. The molecule has 1 amide bonds. The van der Waals surface area contributed by atoms with Crippen LogP contribution in [0.15, 0.2) is 12.1 Å². The molecule has 2 rings (SSSR count). The van der Waals surface area contributed by atoms with Crippen molar-refractivity contribution >= 4 is 11.6 Å². The fourth-order valence-corrected chi connectivity index (χ4v) is 2.15. The number of fused-ring (bicyclic) bond motifs is 1. The predicted octanol–water partition coefficient (Wildman–Crippen LogP) is 0.879. The molecule has 1 unspecified atom stereocenters. The Balaban J connectivity index is 2.36. The van der Waals surface area contributed by atoms with Crippen molar-refractivity contribution in [2.45, 2.75) is 19.9 Å². The van der Waals surface area contributed by atoms with Crippen LogP contribution in [0.25, 0.3) is 0 Å². The molecule has 0 saturated heterocycles. The minimum Gasteiger partial charge on any atom is -0.395 e. The third kappa shape index (κ3) is 1.81. The number of aliphatic hydroxyl groups is 1. The van der Waals surface area contributed by atoms with Gasteiger partial charge in [0.25, 0.3) is 0 Å². The van der Waals surface area contributed by atoms with Crippen LogP contribution in [0.1, 0.15) is 22.7 Å². The summed E-state index contributed by atoms with van der Waals surface area (Å²) in [6.45, 7) is 4.45. The lowest BCUT2D eigenvalue weighted by molar-refractivity contribution is -0.117. The van der Waals surface area contributed by atoms with E-state index in [1.807, 2.05) is 26.0 Å². The molecule has 1 aromatic rings. The maximum atomic E-state index is 11.7. The fourth-order valence-electron chi connectivity index (χ4n) is 2.15. The normalized spacial score (nSPS) is 18.4. The number of amides is 1. The van der Waals surface area contributed by atoms with Crippen molar-refractivity contribution in [3.8, 4) is 0 Å². The van der Waals surface area contributed by atoms with Gasteiger partial charge in [0.2, 0.25) is 5.91 Å². The van der Waals surface area contributed by atoms with Crippen LogP contribution < -0.4 is 10.6 Å². The summed E-state index contributed by atoms with van der Waals surface area (Å²) in [7, 11) is 0. The topological polar surface area (TPSA) is 61.4 Å². The molecule has 0 fully saturated rings. The van der Waals surface area contributed by atoms with Crippen molar-refractivity contribution in [3.05, 3.63) is 28.8 Å². The number of anilines is 1. The first kappa shape index (κ1) is 11.1. The Kier molecular flexibility index (Phi) is 2.94. The Labute approximate surface area is 94.7 Å². The van der Waals surface area contributed by atoms with E-state index < -0.39 is 0 Å². The van der Waals surface area contributed by atoms with Crippen molar-refractivity contribution < 1.29 is 9.90 Å². The molecule has 1 aliphatic rings. The van der Waals surface area contributed by atoms with Gasteiger partial charge in [0.1, 0.15) is 6.04 Å². The molecule has 0 aromatic heterocycles. The van der Waals surface area contributed by atoms with Crippen molar-refractivity contribution in [2.75, 3.05) is 18.5 Å². The lowest BCUT2D eigenvalue weighted by Crippen LogP contribution is -2.29. The van der Waals surface area contributed by atoms with Gasteiger partial charge in [-0.1, -0.05) is 17.7 Å². The number of rotatable bonds is 3. The Hall–Kier alpha value is -1.39. The van der Waals surface area contributed by atoms with Crippen LogP contribution in [0.3, 0.4) is 0 Å². The van der Waals surface area contributed by atoms with E-state index in [1.165, 1.54) is 0 Å². The van der Waals surface area contributed by atoms with Gasteiger partial charge in [-0.15, -0.1) is 0 Å². The Morgan fingerprint density at radius 2 is 2.19 bits per heavy atom. The lowest BCUT2D eigenvalue weighted by Gasteiger charge is -2.11. The second kappa shape index (κ2) is 4.23. The van der Waals surface area contributed by atoms with Crippen molar-refractivity contribution in [2.24, 2.45) is 0 Å². The monoisotopic (exact) mass is 220 g/mol. The zero-order chi connectivity index (χ0) is 11.7. The molecular weight excluding hydrogens is 204 g/mol. The fraction of sp³-hybridized carbons (Fsp3) is 0.417. The number of aryl methyl sites for hydroxylation is 2. The summed E-state index contributed by atoms with van der Waals surface area (Å²) in [5.41, 5.74) is 4.11. The number of aliphatic hydroxyl groups excluding tert-OH is 1. The summed E-state index contributed by atoms with van der Waals surface area (Å²) in [4.78, 5) is 11.7. The number of benzene rings is 1. The maximum Gasteiger partial charge on any atom is 0.246 e. The number of nitrogens with one attached hydrogen (secondary N) is 2. The summed E-state index contributed by atoms with van der Waals surface area (Å²) < 4.78 is 0. The van der Waals surface area contributed by atoms with Crippen LogP contribution in [0.5, 0.6) is 0 Å². The highest BCUT2D eigenvalue weighted by atomic mass is 16.3. The summed E-state index contributed by atoms with van der Waals surface area (Å²) in [5, 5.41) is 14.7. The van der Waals surface area contributed by atoms with E-state index in [1.54, 1.807) is 0 Å². The maximum absolute atomic E-state index is 11.7. The first-order valence-corrected chi connectivity index (χ1v) is 5.39. The van der Waals surface area contributed by atoms with Crippen LogP contribution in [0.2, 0.25) is 0 Å². The highest BCUT2D eigenvalue weighted by Gasteiger charge is 2.30. The molecule has 3 N–H and O–H groups in total. The van der Waals surface area contributed by atoms with Gasteiger partial charge < -0.3 is 10.4 Å². The van der Waals surface area contributed by atoms with E-state index in [-0.39, 0.29) is 18.6 Å². The molecule has 0 aliphatic carbocycles. The van der Waals surface area contributed by atoms with Gasteiger partial charge in [-0.25, -0.2) is 0 Å². The van der Waals surface area contributed by atoms with E-state index in [9.17, 15) is 4.79 Å². The molecule has 1 heterocycles. The van der Waals surface area contributed by atoms with Crippen molar-refractivity contribution in [3.63, 3.8) is 0 Å². The van der Waals surface area contributed by atoms with Crippen molar-refractivity contribution in [1.82, 2.24) is 5.32 Å². The molecule has 0 spiro atoms. The summed E-state index contributed by atoms with van der Waals surface area (Å²) in [6, 6.07) is 3.73. The van der Waals surface area contributed by atoms with Gasteiger partial charge >= 0.3 is 0 Å². The second-order valence-corrected chi connectivity index (χ2v) is 4.15. The highest BCUT2D eigenvalue weighted by Crippen LogP contribution is 2.34. The highest BCUT2D eigenvalue weighted by molar-refractivity contribution is 6.03. The summed E-state index contributed by atoms with van der Waals surface area (Å²) >= 11 is 0.